The second-order valence-corrected chi connectivity index (χ2v) is 3.90. The van der Waals surface area contributed by atoms with Crippen LogP contribution >= 0.6 is 12.4 Å². The quantitative estimate of drug-likeness (QED) is 0.624. The summed E-state index contributed by atoms with van der Waals surface area (Å²) in [5, 5.41) is 0. The maximum atomic E-state index is 2.10. The summed E-state index contributed by atoms with van der Waals surface area (Å²) in [5.41, 5.74) is 2.34. The lowest BCUT2D eigenvalue weighted by Gasteiger charge is -1.94. The van der Waals surface area contributed by atoms with Crippen molar-refractivity contribution in [1.29, 1.82) is 0 Å². The molecule has 2 nitrogen and oxygen atoms in total. The first-order valence-corrected chi connectivity index (χ1v) is 5.63. The minimum absolute atomic E-state index is 0. The zero-order chi connectivity index (χ0) is 11.5. The maximum absolute atomic E-state index is 2.10. The first-order chi connectivity index (χ1) is 8.43. The van der Waals surface area contributed by atoms with Crippen LogP contribution in [0.3, 0.4) is 0 Å². The molecule has 0 unspecified atom stereocenters. The Balaban J connectivity index is 0.00000120. The predicted octanol–water partition coefficient (Wildman–Crippen LogP) is 3.18. The molecule has 0 bridgehead atoms. The van der Waals surface area contributed by atoms with Crippen molar-refractivity contribution in [2.24, 2.45) is 0 Å². The molecular formula is C15H14ClN2+. The Labute approximate surface area is 113 Å². The molecule has 3 heteroatoms. The lowest BCUT2D eigenvalue weighted by molar-refractivity contribution is -0.594. The van der Waals surface area contributed by atoms with Gasteiger partial charge in [-0.2, -0.15) is 0 Å². The van der Waals surface area contributed by atoms with Crippen molar-refractivity contribution in [2.45, 2.75) is 0 Å². The highest BCUT2D eigenvalue weighted by molar-refractivity contribution is 5.85. The number of hydrogen-bond donors (Lipinski definition) is 0. The van der Waals surface area contributed by atoms with Crippen LogP contribution in [-0.4, -0.2) is 4.57 Å². The van der Waals surface area contributed by atoms with E-state index in [1.807, 2.05) is 36.4 Å². The van der Waals surface area contributed by atoms with Crippen LogP contribution < -0.4 is 4.57 Å². The summed E-state index contributed by atoms with van der Waals surface area (Å²) < 4.78 is 4.21. The average Bonchev–Trinajstić information content (AvgIpc) is 2.90. The number of aromatic nitrogens is 2. The van der Waals surface area contributed by atoms with Crippen LogP contribution in [-0.2, 0) is 0 Å². The molecule has 3 aromatic rings. The summed E-state index contributed by atoms with van der Waals surface area (Å²) in [6.07, 6.45) is 6.19. The highest BCUT2D eigenvalue weighted by atomic mass is 35.5. The lowest BCUT2D eigenvalue weighted by atomic mass is 10.3. The van der Waals surface area contributed by atoms with Gasteiger partial charge in [0.25, 0.3) is 6.33 Å². The molecule has 3 rings (SSSR count). The Hall–Kier alpha value is -2.06. The Kier molecular flexibility index (Phi) is 3.80. The third-order valence-corrected chi connectivity index (χ3v) is 2.75. The lowest BCUT2D eigenvalue weighted by Crippen LogP contribution is -2.27. The fourth-order valence-corrected chi connectivity index (χ4v) is 1.86. The summed E-state index contributed by atoms with van der Waals surface area (Å²) in [5.74, 6) is 0. The van der Waals surface area contributed by atoms with Crippen molar-refractivity contribution in [3.05, 3.63) is 79.4 Å². The van der Waals surface area contributed by atoms with E-state index >= 15 is 0 Å². The third-order valence-electron chi connectivity index (χ3n) is 2.75. The highest BCUT2D eigenvalue weighted by Crippen LogP contribution is 2.06. The van der Waals surface area contributed by atoms with E-state index in [1.54, 1.807) is 0 Å². The van der Waals surface area contributed by atoms with Crippen molar-refractivity contribution in [3.63, 3.8) is 0 Å². The fourth-order valence-electron chi connectivity index (χ4n) is 1.86. The topological polar surface area (TPSA) is 8.81 Å². The molecule has 0 N–H and O–H groups in total. The number of para-hydroxylation sites is 2. The molecule has 0 saturated carbocycles. The molecule has 1 heterocycles. The van der Waals surface area contributed by atoms with Gasteiger partial charge < -0.3 is 0 Å². The van der Waals surface area contributed by atoms with Crippen LogP contribution in [0, 0.1) is 0 Å². The van der Waals surface area contributed by atoms with Crippen molar-refractivity contribution in [2.75, 3.05) is 0 Å². The summed E-state index contributed by atoms with van der Waals surface area (Å²) in [4.78, 5) is 0. The molecule has 2 aromatic carbocycles. The first kappa shape index (κ1) is 12.4. The maximum Gasteiger partial charge on any atom is 0.254 e. The van der Waals surface area contributed by atoms with Crippen molar-refractivity contribution >= 4 is 12.4 Å². The first-order valence-electron chi connectivity index (χ1n) is 5.63. The molecule has 0 saturated heterocycles. The van der Waals surface area contributed by atoms with E-state index in [0.717, 1.165) is 0 Å². The molecule has 18 heavy (non-hydrogen) atoms. The predicted molar refractivity (Wildman–Crippen MR) is 74.5 cm³/mol. The van der Waals surface area contributed by atoms with Gasteiger partial charge in [0.15, 0.2) is 0 Å². The number of halogens is 1. The fraction of sp³-hybridized carbons (Fsp3) is 0. The van der Waals surface area contributed by atoms with Gasteiger partial charge >= 0.3 is 0 Å². The normalized spacial score (nSPS) is 9.78. The minimum atomic E-state index is 0. The molecule has 0 fully saturated rings. The molecule has 0 spiro atoms. The van der Waals surface area contributed by atoms with E-state index in [4.69, 9.17) is 0 Å². The molecule has 0 aliphatic carbocycles. The number of rotatable bonds is 2. The van der Waals surface area contributed by atoms with Crippen LogP contribution in [0.25, 0.3) is 11.4 Å². The van der Waals surface area contributed by atoms with Crippen LogP contribution in [0.4, 0.5) is 0 Å². The SMILES string of the molecule is Cl.c1ccc(-n2cc[n+](-c3ccccc3)c2)cc1. The molecule has 90 valence electrons. The standard InChI is InChI=1S/C15H13N2.ClH/c1-3-7-14(8-4-1)16-11-12-17(13-16)15-9-5-2-6-10-15;/h1-13H;1H/q+1;. The number of nitrogens with zero attached hydrogens (tertiary/aromatic N) is 2. The number of benzene rings is 2. The molecule has 1 aromatic heterocycles. The molecule has 0 atom stereocenters. The van der Waals surface area contributed by atoms with Gasteiger partial charge in [0, 0.05) is 0 Å². The Morgan fingerprint density at radius 1 is 0.778 bits per heavy atom. The molecule has 0 radical (unpaired) electrons. The van der Waals surface area contributed by atoms with E-state index < -0.39 is 0 Å². The second-order valence-electron chi connectivity index (χ2n) is 3.90. The van der Waals surface area contributed by atoms with E-state index in [2.05, 4.69) is 52.1 Å². The summed E-state index contributed by atoms with van der Waals surface area (Å²) >= 11 is 0. The Morgan fingerprint density at radius 2 is 1.39 bits per heavy atom. The van der Waals surface area contributed by atoms with E-state index in [9.17, 15) is 0 Å². The monoisotopic (exact) mass is 257 g/mol. The van der Waals surface area contributed by atoms with Gasteiger partial charge in [-0.3, -0.25) is 0 Å². The van der Waals surface area contributed by atoms with Crippen LogP contribution in [0.5, 0.6) is 0 Å². The zero-order valence-electron chi connectivity index (χ0n) is 9.81. The third kappa shape index (κ3) is 2.44. The van der Waals surface area contributed by atoms with Gasteiger partial charge in [0.2, 0.25) is 0 Å². The summed E-state index contributed by atoms with van der Waals surface area (Å²) in [6, 6.07) is 20.6. The largest absolute Gasteiger partial charge is 0.254 e. The number of hydrogen-bond acceptors (Lipinski definition) is 0. The average molecular weight is 258 g/mol. The van der Waals surface area contributed by atoms with Crippen molar-refractivity contribution < 1.29 is 4.57 Å². The summed E-state index contributed by atoms with van der Waals surface area (Å²) in [7, 11) is 0. The molecule has 0 amide bonds. The van der Waals surface area contributed by atoms with Gasteiger partial charge in [-0.25, -0.2) is 9.13 Å². The van der Waals surface area contributed by atoms with Crippen LogP contribution in [0.1, 0.15) is 0 Å². The minimum Gasteiger partial charge on any atom is -0.202 e. The van der Waals surface area contributed by atoms with E-state index in [1.165, 1.54) is 11.4 Å². The second kappa shape index (κ2) is 5.52. The van der Waals surface area contributed by atoms with E-state index in [-0.39, 0.29) is 12.4 Å². The Bertz CT molecular complexity index is 549. The summed E-state index contributed by atoms with van der Waals surface area (Å²) in [6.45, 7) is 0. The van der Waals surface area contributed by atoms with Gasteiger partial charge in [-0.05, 0) is 24.3 Å². The smallest absolute Gasteiger partial charge is 0.202 e. The molecule has 0 aliphatic heterocycles. The van der Waals surface area contributed by atoms with Crippen LogP contribution in [0.2, 0.25) is 0 Å². The Morgan fingerprint density at radius 3 is 2.06 bits per heavy atom. The van der Waals surface area contributed by atoms with Crippen molar-refractivity contribution in [3.8, 4) is 11.4 Å². The zero-order valence-corrected chi connectivity index (χ0v) is 10.6. The van der Waals surface area contributed by atoms with Crippen molar-refractivity contribution in [1.82, 2.24) is 4.57 Å². The van der Waals surface area contributed by atoms with Gasteiger partial charge in [-0.15, -0.1) is 12.4 Å². The van der Waals surface area contributed by atoms with E-state index in [0.29, 0.717) is 0 Å². The number of imidazole rings is 1. The van der Waals surface area contributed by atoms with Gasteiger partial charge in [0.05, 0.1) is 0 Å². The molecular weight excluding hydrogens is 244 g/mol. The van der Waals surface area contributed by atoms with Gasteiger partial charge in [0.1, 0.15) is 23.8 Å². The highest BCUT2D eigenvalue weighted by Gasteiger charge is 2.06. The van der Waals surface area contributed by atoms with Gasteiger partial charge in [-0.1, -0.05) is 36.4 Å². The van der Waals surface area contributed by atoms with Crippen LogP contribution in [0.15, 0.2) is 79.4 Å². The molecule has 0 aliphatic rings.